The number of nitrogens with zero attached hydrogens (tertiary/aromatic N) is 1. The molecule has 2 rings (SSSR count). The molecule has 176 valence electrons. The molecule has 0 heterocycles. The second kappa shape index (κ2) is 14.3. The van der Waals surface area contributed by atoms with E-state index in [1.807, 2.05) is 19.1 Å². The Morgan fingerprint density at radius 1 is 1.09 bits per heavy atom. The molecule has 0 fully saturated rings. The zero-order valence-electron chi connectivity index (χ0n) is 18.0. The maximum absolute atomic E-state index is 12.7. The minimum Gasteiger partial charge on any atom is -0.497 e. The number of aliphatic imine (C=N–C) groups is 1. The number of amides is 1. The van der Waals surface area contributed by atoms with Gasteiger partial charge in [0.15, 0.2) is 5.96 Å². The average Bonchev–Trinajstić information content (AvgIpc) is 2.77. The highest BCUT2D eigenvalue weighted by atomic mass is 127. The summed E-state index contributed by atoms with van der Waals surface area (Å²) in [5, 5.41) is 8.78. The van der Waals surface area contributed by atoms with Crippen molar-refractivity contribution in [2.24, 2.45) is 4.99 Å². The van der Waals surface area contributed by atoms with Gasteiger partial charge in [0.2, 0.25) is 0 Å². The number of nitrogens with one attached hydrogen (secondary N) is 3. The number of guanidine groups is 1. The zero-order chi connectivity index (χ0) is 22.6. The van der Waals surface area contributed by atoms with E-state index < -0.39 is 12.7 Å². The summed E-state index contributed by atoms with van der Waals surface area (Å²) in [5.41, 5.74) is 2.02. The van der Waals surface area contributed by atoms with Crippen molar-refractivity contribution in [3.63, 3.8) is 0 Å². The van der Waals surface area contributed by atoms with Gasteiger partial charge in [0.1, 0.15) is 11.5 Å². The lowest BCUT2D eigenvalue weighted by atomic mass is 10.2. The highest BCUT2D eigenvalue weighted by molar-refractivity contribution is 14.0. The average molecular weight is 564 g/mol. The fourth-order valence-electron chi connectivity index (χ4n) is 2.59. The van der Waals surface area contributed by atoms with Crippen molar-refractivity contribution in [1.82, 2.24) is 10.6 Å². The number of anilines is 1. The molecule has 2 aromatic rings. The lowest BCUT2D eigenvalue weighted by molar-refractivity contribution is -0.0505. The van der Waals surface area contributed by atoms with Crippen LogP contribution >= 0.6 is 24.0 Å². The van der Waals surface area contributed by atoms with Crippen LogP contribution in [-0.2, 0) is 17.8 Å². The SMILES string of the molecule is CCNC(=NCc1ccc(NC(=O)OC)cc1)NCc1cc(OC)ccc1OC(F)F.I. The van der Waals surface area contributed by atoms with Gasteiger partial charge in [0.05, 0.1) is 20.8 Å². The van der Waals surface area contributed by atoms with E-state index in [-0.39, 0.29) is 36.3 Å². The van der Waals surface area contributed by atoms with E-state index in [0.29, 0.717) is 36.0 Å². The Hall–Kier alpha value is -2.83. The number of ether oxygens (including phenoxy) is 3. The number of hydrogen-bond donors (Lipinski definition) is 3. The molecule has 0 aromatic heterocycles. The molecule has 3 N–H and O–H groups in total. The number of benzene rings is 2. The number of methoxy groups -OCH3 is 2. The third-order valence-electron chi connectivity index (χ3n) is 4.08. The van der Waals surface area contributed by atoms with E-state index in [9.17, 15) is 13.6 Å². The van der Waals surface area contributed by atoms with Gasteiger partial charge < -0.3 is 24.8 Å². The van der Waals surface area contributed by atoms with Gasteiger partial charge in [-0.25, -0.2) is 9.79 Å². The fraction of sp³-hybridized carbons (Fsp3) is 0.333. The third-order valence-corrected chi connectivity index (χ3v) is 4.08. The molecule has 0 radical (unpaired) electrons. The molecule has 0 aliphatic carbocycles. The maximum Gasteiger partial charge on any atom is 0.411 e. The maximum atomic E-state index is 12.7. The summed E-state index contributed by atoms with van der Waals surface area (Å²) < 4.78 is 39.7. The molecule has 8 nitrogen and oxygen atoms in total. The van der Waals surface area contributed by atoms with Crippen LogP contribution in [0, 0.1) is 0 Å². The van der Waals surface area contributed by atoms with E-state index in [4.69, 9.17) is 4.74 Å². The molecule has 0 aliphatic rings. The summed E-state index contributed by atoms with van der Waals surface area (Å²) in [6, 6.07) is 11.8. The lowest BCUT2D eigenvalue weighted by Gasteiger charge is -2.15. The summed E-state index contributed by atoms with van der Waals surface area (Å²) in [6.45, 7) is 0.179. The molecule has 0 saturated heterocycles. The van der Waals surface area contributed by atoms with Gasteiger partial charge in [-0.05, 0) is 42.8 Å². The molecule has 1 amide bonds. The quantitative estimate of drug-likeness (QED) is 0.239. The van der Waals surface area contributed by atoms with Gasteiger partial charge >= 0.3 is 12.7 Å². The minimum absolute atomic E-state index is 0. The summed E-state index contributed by atoms with van der Waals surface area (Å²) in [6.07, 6.45) is -0.544. The summed E-state index contributed by atoms with van der Waals surface area (Å²) in [5.74, 6) is 1.10. The second-order valence-corrected chi connectivity index (χ2v) is 6.21. The van der Waals surface area contributed by atoms with E-state index in [1.54, 1.807) is 24.3 Å². The Balaban J connectivity index is 0.00000512. The van der Waals surface area contributed by atoms with E-state index in [2.05, 4.69) is 30.4 Å². The van der Waals surface area contributed by atoms with Crippen molar-refractivity contribution in [3.8, 4) is 11.5 Å². The van der Waals surface area contributed by atoms with Crippen molar-refractivity contribution in [3.05, 3.63) is 53.6 Å². The van der Waals surface area contributed by atoms with Crippen LogP contribution in [0.2, 0.25) is 0 Å². The van der Waals surface area contributed by atoms with Crippen LogP contribution in [-0.4, -0.2) is 39.4 Å². The first-order valence-corrected chi connectivity index (χ1v) is 9.53. The first-order valence-electron chi connectivity index (χ1n) is 9.53. The molecular formula is C21H27F2IN4O4. The van der Waals surface area contributed by atoms with Crippen molar-refractivity contribution in [1.29, 1.82) is 0 Å². The van der Waals surface area contributed by atoms with Crippen molar-refractivity contribution in [2.45, 2.75) is 26.6 Å². The van der Waals surface area contributed by atoms with Gasteiger partial charge in [-0.15, -0.1) is 24.0 Å². The van der Waals surface area contributed by atoms with Crippen LogP contribution in [0.1, 0.15) is 18.1 Å². The third kappa shape index (κ3) is 9.12. The highest BCUT2D eigenvalue weighted by Gasteiger charge is 2.11. The van der Waals surface area contributed by atoms with Crippen LogP contribution in [0.3, 0.4) is 0 Å². The van der Waals surface area contributed by atoms with Crippen molar-refractivity contribution in [2.75, 3.05) is 26.1 Å². The topological polar surface area (TPSA) is 93.2 Å². The summed E-state index contributed by atoms with van der Waals surface area (Å²) >= 11 is 0. The fourth-order valence-corrected chi connectivity index (χ4v) is 2.59. The van der Waals surface area contributed by atoms with Crippen LogP contribution in [0.25, 0.3) is 0 Å². The van der Waals surface area contributed by atoms with Crippen LogP contribution in [0.15, 0.2) is 47.5 Å². The Kier molecular flexibility index (Phi) is 12.1. The Labute approximate surface area is 202 Å². The molecule has 0 atom stereocenters. The molecule has 0 bridgehead atoms. The number of hydrogen-bond acceptors (Lipinski definition) is 5. The first kappa shape index (κ1) is 27.2. The minimum atomic E-state index is -2.93. The molecular weight excluding hydrogens is 537 g/mol. The second-order valence-electron chi connectivity index (χ2n) is 6.21. The smallest absolute Gasteiger partial charge is 0.411 e. The van der Waals surface area contributed by atoms with Gasteiger partial charge in [-0.3, -0.25) is 5.32 Å². The van der Waals surface area contributed by atoms with Crippen LogP contribution < -0.4 is 25.4 Å². The number of carbonyl (C=O) groups excluding carboxylic acids is 1. The summed E-state index contributed by atoms with van der Waals surface area (Å²) in [7, 11) is 2.79. The van der Waals surface area contributed by atoms with E-state index in [1.165, 1.54) is 20.3 Å². The van der Waals surface area contributed by atoms with Crippen LogP contribution in [0.5, 0.6) is 11.5 Å². The predicted octanol–water partition coefficient (Wildman–Crippen LogP) is 4.35. The molecule has 0 aliphatic heterocycles. The van der Waals surface area contributed by atoms with Gasteiger partial charge in [-0.2, -0.15) is 8.78 Å². The zero-order valence-corrected chi connectivity index (χ0v) is 20.3. The lowest BCUT2D eigenvalue weighted by Crippen LogP contribution is -2.36. The van der Waals surface area contributed by atoms with E-state index >= 15 is 0 Å². The highest BCUT2D eigenvalue weighted by Crippen LogP contribution is 2.25. The van der Waals surface area contributed by atoms with Crippen LogP contribution in [0.4, 0.5) is 19.3 Å². The molecule has 0 spiro atoms. The molecule has 11 heteroatoms. The first-order chi connectivity index (χ1) is 14.9. The number of alkyl halides is 2. The van der Waals surface area contributed by atoms with Crippen molar-refractivity contribution < 1.29 is 27.8 Å². The summed E-state index contributed by atoms with van der Waals surface area (Å²) in [4.78, 5) is 15.7. The van der Waals surface area contributed by atoms with Gasteiger partial charge in [-0.1, -0.05) is 12.1 Å². The molecule has 0 unspecified atom stereocenters. The Bertz CT molecular complexity index is 883. The van der Waals surface area contributed by atoms with Gasteiger partial charge in [0, 0.05) is 24.3 Å². The molecule has 0 saturated carbocycles. The number of halogens is 3. The Morgan fingerprint density at radius 2 is 1.81 bits per heavy atom. The molecule has 2 aromatic carbocycles. The standard InChI is InChI=1S/C21H26F2N4O4.HI/c1-4-24-20(25-12-14-5-7-16(8-6-14)27-21(28)30-3)26-13-15-11-17(29-2)9-10-18(15)31-19(22)23;/h5-11,19H,4,12-13H2,1-3H3,(H,27,28)(H2,24,25,26);1H. The monoisotopic (exact) mass is 564 g/mol. The van der Waals surface area contributed by atoms with E-state index in [0.717, 1.165) is 5.56 Å². The predicted molar refractivity (Wildman–Crippen MR) is 129 cm³/mol. The van der Waals surface area contributed by atoms with Gasteiger partial charge in [0.25, 0.3) is 0 Å². The largest absolute Gasteiger partial charge is 0.497 e. The van der Waals surface area contributed by atoms with Crippen molar-refractivity contribution >= 4 is 41.7 Å². The number of carbonyl (C=O) groups is 1. The number of rotatable bonds is 9. The molecule has 32 heavy (non-hydrogen) atoms. The Morgan fingerprint density at radius 3 is 2.41 bits per heavy atom. The normalized spacial score (nSPS) is 10.8.